The van der Waals surface area contributed by atoms with E-state index in [9.17, 15) is 4.79 Å². The van der Waals surface area contributed by atoms with Gasteiger partial charge in [0.05, 0.1) is 0 Å². The van der Waals surface area contributed by atoms with Crippen LogP contribution >= 0.6 is 34.2 Å². The van der Waals surface area contributed by atoms with Crippen molar-refractivity contribution in [1.29, 1.82) is 0 Å². The van der Waals surface area contributed by atoms with Crippen molar-refractivity contribution in [1.82, 2.24) is 0 Å². The number of amides is 1. The van der Waals surface area contributed by atoms with Crippen LogP contribution in [0.4, 0.5) is 5.69 Å². The van der Waals surface area contributed by atoms with Gasteiger partial charge >= 0.3 is 0 Å². The van der Waals surface area contributed by atoms with Gasteiger partial charge in [-0.2, -0.15) is 0 Å². The molecule has 0 heterocycles. The third kappa shape index (κ3) is 5.30. The molecule has 0 aliphatic rings. The Bertz CT molecular complexity index is 633. The van der Waals surface area contributed by atoms with Crippen molar-refractivity contribution in [3.8, 4) is 0 Å². The minimum atomic E-state index is -0.00845. The molecule has 5 heteroatoms. The third-order valence-corrected chi connectivity index (χ3v) is 4.05. The van der Waals surface area contributed by atoms with Crippen molar-refractivity contribution in [2.45, 2.75) is 13.0 Å². The van der Waals surface area contributed by atoms with Crippen LogP contribution in [0.1, 0.15) is 18.5 Å². The van der Waals surface area contributed by atoms with Crippen molar-refractivity contribution in [3.05, 3.63) is 62.7 Å². The van der Waals surface area contributed by atoms with Crippen molar-refractivity contribution in [2.24, 2.45) is 0 Å². The molecule has 0 unspecified atom stereocenters. The summed E-state index contributed by atoms with van der Waals surface area (Å²) in [6.07, 6.45) is 0. The Hall–Kier alpha value is -1.11. The summed E-state index contributed by atoms with van der Waals surface area (Å²) in [7, 11) is 0. The zero-order chi connectivity index (χ0) is 15.2. The highest BCUT2D eigenvalue weighted by atomic mass is 127. The monoisotopic (exact) mass is 415 g/mol. The van der Waals surface area contributed by atoms with Crippen LogP contribution in [-0.2, 0) is 4.79 Å². The van der Waals surface area contributed by atoms with E-state index in [-0.39, 0.29) is 11.9 Å². The Kier molecular flexibility index (Phi) is 6.02. The largest absolute Gasteiger partial charge is 0.333 e. The highest BCUT2D eigenvalue weighted by molar-refractivity contribution is 14.1. The number of rotatable bonds is 5. The van der Waals surface area contributed by atoms with Crippen LogP contribution in [0.15, 0.2) is 48.5 Å². The van der Waals surface area contributed by atoms with Gasteiger partial charge in [-0.1, -0.05) is 29.8 Å². The van der Waals surface area contributed by atoms with Crippen LogP contribution in [0, 0.1) is 3.57 Å². The second-order valence-electron chi connectivity index (χ2n) is 4.84. The Morgan fingerprint density at radius 3 is 2.76 bits per heavy atom. The number of benzene rings is 2. The van der Waals surface area contributed by atoms with Crippen molar-refractivity contribution >= 4 is 45.8 Å². The third-order valence-electron chi connectivity index (χ3n) is 3.14. The fourth-order valence-corrected chi connectivity index (χ4v) is 2.73. The molecule has 2 aromatic carbocycles. The average Bonchev–Trinajstić information content (AvgIpc) is 2.45. The van der Waals surface area contributed by atoms with E-state index in [2.05, 4.69) is 34.8 Å². The van der Waals surface area contributed by atoms with Crippen LogP contribution in [-0.4, -0.2) is 12.5 Å². The van der Waals surface area contributed by atoms with E-state index >= 15 is 0 Å². The molecule has 3 nitrogen and oxygen atoms in total. The maximum atomic E-state index is 12.0. The minimum Gasteiger partial charge on any atom is -0.333 e. The molecule has 21 heavy (non-hydrogen) atoms. The van der Waals surface area contributed by atoms with E-state index in [0.717, 1.165) is 19.8 Å². The van der Waals surface area contributed by atoms with E-state index in [1.54, 1.807) is 0 Å². The lowest BCUT2D eigenvalue weighted by atomic mass is 10.1. The predicted octanol–water partition coefficient (Wildman–Crippen LogP) is 3.21. The molecule has 2 rings (SSSR count). The molecule has 0 fully saturated rings. The Morgan fingerprint density at radius 2 is 2.05 bits per heavy atom. The quantitative estimate of drug-likeness (QED) is 0.724. The number of nitrogens with two attached hydrogens (primary N) is 1. The molecule has 0 radical (unpaired) electrons. The Balaban J connectivity index is 1.86. The minimum absolute atomic E-state index is 0.00845. The SMILES string of the molecule is C[C@H]([NH2+]CC(=O)Nc1cccc(I)c1)c1cccc(Cl)c1. The molecule has 0 spiro atoms. The van der Waals surface area contributed by atoms with Gasteiger partial charge in [0.2, 0.25) is 0 Å². The summed E-state index contributed by atoms with van der Waals surface area (Å²) >= 11 is 8.20. The number of quaternary nitrogens is 1. The lowest BCUT2D eigenvalue weighted by Crippen LogP contribution is -2.86. The van der Waals surface area contributed by atoms with E-state index in [4.69, 9.17) is 11.6 Å². The molecule has 0 aliphatic heterocycles. The van der Waals surface area contributed by atoms with Gasteiger partial charge in [-0.15, -0.1) is 0 Å². The smallest absolute Gasteiger partial charge is 0.279 e. The van der Waals surface area contributed by atoms with Gasteiger partial charge in [-0.25, -0.2) is 0 Å². The predicted molar refractivity (Wildman–Crippen MR) is 94.4 cm³/mol. The maximum absolute atomic E-state index is 12.0. The summed E-state index contributed by atoms with van der Waals surface area (Å²) < 4.78 is 1.10. The first-order valence-corrected chi connectivity index (χ1v) is 8.14. The van der Waals surface area contributed by atoms with E-state index < -0.39 is 0 Å². The lowest BCUT2D eigenvalue weighted by molar-refractivity contribution is -0.682. The van der Waals surface area contributed by atoms with Crippen LogP contribution in [0.5, 0.6) is 0 Å². The van der Waals surface area contributed by atoms with Gasteiger partial charge in [0, 0.05) is 19.8 Å². The van der Waals surface area contributed by atoms with Gasteiger partial charge in [0.15, 0.2) is 6.54 Å². The van der Waals surface area contributed by atoms with Gasteiger partial charge in [-0.05, 0) is 59.8 Å². The van der Waals surface area contributed by atoms with Crippen LogP contribution < -0.4 is 10.6 Å². The van der Waals surface area contributed by atoms with Crippen LogP contribution in [0.2, 0.25) is 5.02 Å². The number of carbonyl (C=O) groups excluding carboxylic acids is 1. The normalized spacial score (nSPS) is 12.0. The molecule has 1 atom stereocenters. The zero-order valence-electron chi connectivity index (χ0n) is 11.6. The maximum Gasteiger partial charge on any atom is 0.279 e. The molecule has 0 bridgehead atoms. The van der Waals surface area contributed by atoms with Gasteiger partial charge in [0.25, 0.3) is 5.91 Å². The highest BCUT2D eigenvalue weighted by Gasteiger charge is 2.12. The molecule has 2 aromatic rings. The second-order valence-corrected chi connectivity index (χ2v) is 6.52. The van der Waals surface area contributed by atoms with Crippen molar-refractivity contribution in [3.63, 3.8) is 0 Å². The summed E-state index contributed by atoms with van der Waals surface area (Å²) in [4.78, 5) is 12.0. The van der Waals surface area contributed by atoms with Crippen LogP contribution in [0.3, 0.4) is 0 Å². The molecule has 0 saturated heterocycles. The number of anilines is 1. The van der Waals surface area contributed by atoms with E-state index in [1.165, 1.54) is 0 Å². The van der Waals surface area contributed by atoms with Crippen molar-refractivity contribution in [2.75, 3.05) is 11.9 Å². The Labute approximate surface area is 143 Å². The first-order chi connectivity index (χ1) is 10.0. The zero-order valence-corrected chi connectivity index (χ0v) is 14.6. The number of nitrogens with one attached hydrogen (secondary N) is 1. The van der Waals surface area contributed by atoms with Gasteiger partial charge < -0.3 is 10.6 Å². The van der Waals surface area contributed by atoms with Crippen LogP contribution in [0.25, 0.3) is 0 Å². The highest BCUT2D eigenvalue weighted by Crippen LogP contribution is 2.15. The molecular formula is C16H17ClIN2O+. The molecular weight excluding hydrogens is 399 g/mol. The molecule has 0 aromatic heterocycles. The number of hydrogen-bond donors (Lipinski definition) is 2. The summed E-state index contributed by atoms with van der Waals surface area (Å²) in [5.74, 6) is -0.00845. The lowest BCUT2D eigenvalue weighted by Gasteiger charge is -2.11. The summed E-state index contributed by atoms with van der Waals surface area (Å²) in [5.41, 5.74) is 1.94. The van der Waals surface area contributed by atoms with E-state index in [1.807, 2.05) is 53.8 Å². The van der Waals surface area contributed by atoms with Gasteiger partial charge in [0.1, 0.15) is 6.04 Å². The topological polar surface area (TPSA) is 45.7 Å². The second kappa shape index (κ2) is 7.77. The van der Waals surface area contributed by atoms with Gasteiger partial charge in [-0.3, -0.25) is 4.79 Å². The Morgan fingerprint density at radius 1 is 1.29 bits per heavy atom. The first-order valence-electron chi connectivity index (χ1n) is 6.69. The molecule has 3 N–H and O–H groups in total. The molecule has 1 amide bonds. The molecule has 0 saturated carbocycles. The number of hydrogen-bond acceptors (Lipinski definition) is 1. The fourth-order valence-electron chi connectivity index (χ4n) is 1.99. The summed E-state index contributed by atoms with van der Waals surface area (Å²) in [6.45, 7) is 2.43. The van der Waals surface area contributed by atoms with Crippen molar-refractivity contribution < 1.29 is 10.1 Å². The summed E-state index contributed by atoms with van der Waals surface area (Å²) in [6, 6.07) is 15.7. The number of halogens is 2. The summed E-state index contributed by atoms with van der Waals surface area (Å²) in [5, 5.41) is 5.61. The van der Waals surface area contributed by atoms with E-state index in [0.29, 0.717) is 6.54 Å². The molecule has 0 aliphatic carbocycles. The number of carbonyl (C=O) groups is 1. The molecule has 110 valence electrons. The fraction of sp³-hybridized carbons (Fsp3) is 0.188. The average molecular weight is 416 g/mol. The first kappa shape index (κ1) is 16.3. The standard InChI is InChI=1S/C16H16ClIN2O/c1-11(12-4-2-5-13(17)8-12)19-10-16(21)20-15-7-3-6-14(18)9-15/h2-9,11,19H,10H2,1H3,(H,20,21)/p+1/t11-/m0/s1.